The van der Waals surface area contributed by atoms with Crippen LogP contribution in [0, 0.1) is 11.3 Å². The molecule has 4 aromatic heterocycles. The van der Waals surface area contributed by atoms with Crippen LogP contribution >= 0.6 is 11.6 Å². The van der Waals surface area contributed by atoms with E-state index in [4.69, 9.17) is 16.6 Å². The van der Waals surface area contributed by atoms with E-state index in [0.717, 1.165) is 33.5 Å². The van der Waals surface area contributed by atoms with Crippen molar-refractivity contribution in [1.82, 2.24) is 13.8 Å². The topological polar surface area (TPSA) is 45.5 Å². The lowest BCUT2D eigenvalue weighted by Gasteiger charge is -2.08. The molecule has 0 saturated heterocycles. The maximum absolute atomic E-state index is 9.72. The zero-order valence-corrected chi connectivity index (χ0v) is 13.8. The lowest BCUT2D eigenvalue weighted by Crippen LogP contribution is -1.97. The van der Waals surface area contributed by atoms with Crippen molar-refractivity contribution in [1.29, 1.82) is 5.26 Å². The fourth-order valence-electron chi connectivity index (χ4n) is 3.38. The van der Waals surface area contributed by atoms with Gasteiger partial charge in [0.05, 0.1) is 22.0 Å². The molecule has 0 aliphatic carbocycles. The van der Waals surface area contributed by atoms with Crippen molar-refractivity contribution in [3.8, 4) is 17.5 Å². The van der Waals surface area contributed by atoms with Crippen LogP contribution in [0.5, 0.6) is 0 Å². The summed E-state index contributed by atoms with van der Waals surface area (Å²) in [7, 11) is 0. The van der Waals surface area contributed by atoms with Crippen LogP contribution in [0.3, 0.4) is 0 Å². The van der Waals surface area contributed by atoms with Crippen molar-refractivity contribution in [2.45, 2.75) is 0 Å². The Morgan fingerprint density at radius 3 is 2.44 bits per heavy atom. The van der Waals surface area contributed by atoms with E-state index in [1.54, 1.807) is 0 Å². The summed E-state index contributed by atoms with van der Waals surface area (Å²) in [5, 5.41) is 11.3. The minimum absolute atomic E-state index is 0.648. The lowest BCUT2D eigenvalue weighted by atomic mass is 10.1. The molecule has 0 spiro atoms. The van der Waals surface area contributed by atoms with Gasteiger partial charge in [-0.05, 0) is 48.5 Å². The predicted octanol–water partition coefficient (Wildman–Crippen LogP) is 4.93. The highest BCUT2D eigenvalue weighted by molar-refractivity contribution is 6.30. The molecule has 25 heavy (non-hydrogen) atoms. The number of halogens is 1. The van der Waals surface area contributed by atoms with Gasteiger partial charge >= 0.3 is 0 Å². The summed E-state index contributed by atoms with van der Waals surface area (Å²) in [5.41, 5.74) is 4.23. The van der Waals surface area contributed by atoms with Gasteiger partial charge in [0.25, 0.3) is 0 Å². The Morgan fingerprint density at radius 1 is 0.880 bits per heavy atom. The Bertz CT molecular complexity index is 1300. The molecule has 5 rings (SSSR count). The predicted molar refractivity (Wildman–Crippen MR) is 98.8 cm³/mol. The van der Waals surface area contributed by atoms with E-state index < -0.39 is 0 Å². The van der Waals surface area contributed by atoms with Gasteiger partial charge in [-0.2, -0.15) is 5.26 Å². The molecular formula is C20H11ClN4. The fourth-order valence-corrected chi connectivity index (χ4v) is 3.51. The molecule has 1 aromatic carbocycles. The summed E-state index contributed by atoms with van der Waals surface area (Å²) in [4.78, 5) is 4.90. The third-order valence-corrected chi connectivity index (χ3v) is 4.73. The molecule has 0 saturated carbocycles. The van der Waals surface area contributed by atoms with Gasteiger partial charge in [-0.15, -0.1) is 0 Å². The molecule has 0 bridgehead atoms. The molecule has 0 radical (unpaired) electrons. The van der Waals surface area contributed by atoms with E-state index in [0.29, 0.717) is 10.6 Å². The van der Waals surface area contributed by atoms with Crippen LogP contribution in [0.4, 0.5) is 0 Å². The number of rotatable bonds is 1. The first-order chi connectivity index (χ1) is 12.3. The Hall–Kier alpha value is -3.29. The average molecular weight is 343 g/mol. The molecule has 0 unspecified atom stereocenters. The number of nitriles is 1. The van der Waals surface area contributed by atoms with Gasteiger partial charge < -0.3 is 4.40 Å². The Morgan fingerprint density at radius 2 is 1.64 bits per heavy atom. The van der Waals surface area contributed by atoms with Crippen LogP contribution in [0.1, 0.15) is 5.56 Å². The number of hydrogen-bond donors (Lipinski definition) is 0. The van der Waals surface area contributed by atoms with Gasteiger partial charge in [-0.3, -0.25) is 4.40 Å². The molecule has 0 aliphatic rings. The minimum atomic E-state index is 0.648. The SMILES string of the molecule is N#Cc1c2c3cccn3c(-c3ccc(Cl)cc3)nc2n2ccccc12. The van der Waals surface area contributed by atoms with E-state index in [-0.39, 0.29) is 0 Å². The molecule has 0 amide bonds. The van der Waals surface area contributed by atoms with Crippen LogP contribution in [0.2, 0.25) is 5.02 Å². The van der Waals surface area contributed by atoms with Crippen LogP contribution < -0.4 is 0 Å². The third-order valence-electron chi connectivity index (χ3n) is 4.48. The Balaban J connectivity index is 2.01. The molecule has 0 atom stereocenters. The van der Waals surface area contributed by atoms with Crippen LogP contribution in [0.25, 0.3) is 33.5 Å². The molecular weight excluding hydrogens is 332 g/mol. The van der Waals surface area contributed by atoms with Crippen LogP contribution in [-0.4, -0.2) is 13.8 Å². The van der Waals surface area contributed by atoms with Gasteiger partial charge in [0, 0.05) is 23.0 Å². The zero-order valence-electron chi connectivity index (χ0n) is 13.0. The van der Waals surface area contributed by atoms with Crippen molar-refractivity contribution in [2.24, 2.45) is 0 Å². The van der Waals surface area contributed by atoms with Crippen molar-refractivity contribution in [2.75, 3.05) is 0 Å². The summed E-state index contributed by atoms with van der Waals surface area (Å²) in [6.45, 7) is 0. The maximum Gasteiger partial charge on any atom is 0.150 e. The molecule has 4 heterocycles. The average Bonchev–Trinajstić information content (AvgIpc) is 3.24. The normalized spacial score (nSPS) is 11.4. The summed E-state index contributed by atoms with van der Waals surface area (Å²) >= 11 is 6.02. The molecule has 118 valence electrons. The third kappa shape index (κ3) is 1.90. The maximum atomic E-state index is 9.72. The second kappa shape index (κ2) is 5.10. The van der Waals surface area contributed by atoms with E-state index in [9.17, 15) is 5.26 Å². The summed E-state index contributed by atoms with van der Waals surface area (Å²) in [6, 6.07) is 19.8. The van der Waals surface area contributed by atoms with E-state index in [1.807, 2.05) is 75.8 Å². The van der Waals surface area contributed by atoms with Crippen LogP contribution in [0.15, 0.2) is 67.0 Å². The second-order valence-corrected chi connectivity index (χ2v) is 6.28. The van der Waals surface area contributed by atoms with Gasteiger partial charge in [0.2, 0.25) is 0 Å². The van der Waals surface area contributed by atoms with E-state index in [1.165, 1.54) is 0 Å². The monoisotopic (exact) mass is 342 g/mol. The molecule has 0 fully saturated rings. The quantitative estimate of drug-likeness (QED) is 0.433. The summed E-state index contributed by atoms with van der Waals surface area (Å²) in [5.74, 6) is 0.817. The van der Waals surface area contributed by atoms with Crippen molar-refractivity contribution >= 4 is 33.7 Å². The second-order valence-electron chi connectivity index (χ2n) is 5.85. The highest BCUT2D eigenvalue weighted by Crippen LogP contribution is 2.32. The van der Waals surface area contributed by atoms with Gasteiger partial charge in [0.15, 0.2) is 0 Å². The first-order valence-electron chi connectivity index (χ1n) is 7.84. The number of fused-ring (bicyclic) bond motifs is 5. The van der Waals surface area contributed by atoms with Crippen LogP contribution in [-0.2, 0) is 0 Å². The molecule has 5 aromatic rings. The number of pyridine rings is 1. The summed E-state index contributed by atoms with van der Waals surface area (Å²) < 4.78 is 3.99. The van der Waals surface area contributed by atoms with Gasteiger partial charge in [-0.1, -0.05) is 17.7 Å². The van der Waals surface area contributed by atoms with Crippen molar-refractivity contribution in [3.63, 3.8) is 0 Å². The smallest absolute Gasteiger partial charge is 0.150 e. The lowest BCUT2D eigenvalue weighted by molar-refractivity contribution is 1.11. The summed E-state index contributed by atoms with van der Waals surface area (Å²) in [6.07, 6.45) is 3.91. The molecule has 0 N–H and O–H groups in total. The molecule has 0 aliphatic heterocycles. The number of hydrogen-bond acceptors (Lipinski definition) is 2. The number of nitrogens with zero attached hydrogens (tertiary/aromatic N) is 4. The largest absolute Gasteiger partial charge is 0.300 e. The van der Waals surface area contributed by atoms with Gasteiger partial charge in [0.1, 0.15) is 17.5 Å². The molecule has 5 heteroatoms. The van der Waals surface area contributed by atoms with Crippen molar-refractivity contribution < 1.29 is 0 Å². The first-order valence-corrected chi connectivity index (χ1v) is 8.21. The minimum Gasteiger partial charge on any atom is -0.300 e. The number of benzene rings is 1. The highest BCUT2D eigenvalue weighted by Gasteiger charge is 2.18. The van der Waals surface area contributed by atoms with E-state index >= 15 is 0 Å². The Kier molecular flexibility index (Phi) is 2.87. The van der Waals surface area contributed by atoms with Gasteiger partial charge in [-0.25, -0.2) is 4.98 Å². The fraction of sp³-hybridized carbons (Fsp3) is 0. The number of aromatic nitrogens is 3. The van der Waals surface area contributed by atoms with Crippen molar-refractivity contribution in [3.05, 3.63) is 77.6 Å². The first kappa shape index (κ1) is 14.1. The molecule has 4 nitrogen and oxygen atoms in total. The highest BCUT2D eigenvalue weighted by atomic mass is 35.5. The zero-order chi connectivity index (χ0) is 17.0. The Labute approximate surface area is 148 Å². The standard InChI is InChI=1S/C20H11ClN4/c21-14-8-6-13(7-9-14)19-23-20-18(17-5-3-11-25(17)19)15(12-22)16-4-1-2-10-24(16)20/h1-11H. The van der Waals surface area contributed by atoms with E-state index in [2.05, 4.69) is 6.07 Å².